The molecule has 1 aromatic heterocycles. The molecule has 0 aliphatic heterocycles. The van der Waals surface area contributed by atoms with E-state index < -0.39 is 0 Å². The molecule has 4 heteroatoms. The van der Waals surface area contributed by atoms with Gasteiger partial charge in [0, 0.05) is 18.5 Å². The van der Waals surface area contributed by atoms with Crippen LogP contribution in [0.5, 0.6) is 5.88 Å². The van der Waals surface area contributed by atoms with Gasteiger partial charge in [0.1, 0.15) is 18.2 Å². The van der Waals surface area contributed by atoms with Gasteiger partial charge in [0.05, 0.1) is 0 Å². The van der Waals surface area contributed by atoms with Crippen molar-refractivity contribution < 1.29 is 4.74 Å². The minimum absolute atomic E-state index is 0.282. The van der Waals surface area contributed by atoms with Gasteiger partial charge in [-0.3, -0.25) is 0 Å². The van der Waals surface area contributed by atoms with Gasteiger partial charge in [-0.2, -0.15) is 4.98 Å². The summed E-state index contributed by atoms with van der Waals surface area (Å²) in [5.74, 6) is 2.47. The number of hydrogen-bond acceptors (Lipinski definition) is 4. The molecular formula is C12H19N3O. The van der Waals surface area contributed by atoms with Crippen molar-refractivity contribution in [3.05, 3.63) is 24.5 Å². The smallest absolute Gasteiger partial charge is 0.219 e. The average molecular weight is 221 g/mol. The van der Waals surface area contributed by atoms with Crippen LogP contribution in [0.25, 0.3) is 0 Å². The zero-order valence-corrected chi connectivity index (χ0v) is 10.2. The minimum Gasteiger partial charge on any atom is -0.473 e. The number of hydrogen-bond donors (Lipinski definition) is 1. The Balaban J connectivity index is 2.93. The van der Waals surface area contributed by atoms with Gasteiger partial charge in [-0.15, -0.1) is 0 Å². The van der Waals surface area contributed by atoms with E-state index in [0.29, 0.717) is 12.5 Å². The summed E-state index contributed by atoms with van der Waals surface area (Å²) in [5, 5.41) is 3.16. The van der Waals surface area contributed by atoms with Crippen molar-refractivity contribution >= 4 is 5.82 Å². The van der Waals surface area contributed by atoms with Crippen LogP contribution < -0.4 is 10.1 Å². The van der Waals surface area contributed by atoms with Crippen molar-refractivity contribution in [1.29, 1.82) is 0 Å². The standard InChI is InChI=1S/C12H19N3O/c1-5-7-16-11-8-10(13-6-2)14-12(15-11)9(3)4/h5,8-9H,1,6-7H2,2-4H3,(H,13,14,15). The zero-order valence-electron chi connectivity index (χ0n) is 10.2. The van der Waals surface area contributed by atoms with E-state index in [9.17, 15) is 0 Å². The summed E-state index contributed by atoms with van der Waals surface area (Å²) < 4.78 is 5.42. The van der Waals surface area contributed by atoms with E-state index in [4.69, 9.17) is 4.74 Å². The molecule has 0 amide bonds. The molecule has 0 aliphatic rings. The molecule has 88 valence electrons. The number of ether oxygens (including phenoxy) is 1. The van der Waals surface area contributed by atoms with E-state index in [-0.39, 0.29) is 5.92 Å². The molecule has 0 spiro atoms. The van der Waals surface area contributed by atoms with Crippen LogP contribution in [0.3, 0.4) is 0 Å². The minimum atomic E-state index is 0.282. The fourth-order valence-electron chi connectivity index (χ4n) is 1.19. The van der Waals surface area contributed by atoms with Crippen LogP contribution in [-0.2, 0) is 0 Å². The Bertz CT molecular complexity index is 350. The largest absolute Gasteiger partial charge is 0.473 e. The number of nitrogens with zero attached hydrogens (tertiary/aromatic N) is 2. The van der Waals surface area contributed by atoms with Crippen LogP contribution in [0.2, 0.25) is 0 Å². The fraction of sp³-hybridized carbons (Fsp3) is 0.500. The van der Waals surface area contributed by atoms with Gasteiger partial charge < -0.3 is 10.1 Å². The molecular weight excluding hydrogens is 202 g/mol. The summed E-state index contributed by atoms with van der Waals surface area (Å²) >= 11 is 0. The van der Waals surface area contributed by atoms with E-state index in [2.05, 4.69) is 35.7 Å². The van der Waals surface area contributed by atoms with E-state index in [1.807, 2.05) is 6.92 Å². The maximum atomic E-state index is 5.42. The predicted molar refractivity (Wildman–Crippen MR) is 66.0 cm³/mol. The zero-order chi connectivity index (χ0) is 12.0. The summed E-state index contributed by atoms with van der Waals surface area (Å²) in [5.41, 5.74) is 0. The third-order valence-electron chi connectivity index (χ3n) is 1.94. The first-order chi connectivity index (χ1) is 7.67. The quantitative estimate of drug-likeness (QED) is 0.750. The molecule has 0 aromatic carbocycles. The SMILES string of the molecule is C=CCOc1cc(NCC)nc(C(C)C)n1. The number of nitrogens with one attached hydrogen (secondary N) is 1. The van der Waals surface area contributed by atoms with Gasteiger partial charge in [-0.1, -0.05) is 26.5 Å². The lowest BCUT2D eigenvalue weighted by Gasteiger charge is -2.10. The summed E-state index contributed by atoms with van der Waals surface area (Å²) in [6.07, 6.45) is 1.70. The van der Waals surface area contributed by atoms with E-state index >= 15 is 0 Å². The predicted octanol–water partition coefficient (Wildman–Crippen LogP) is 2.60. The molecule has 1 N–H and O–H groups in total. The lowest BCUT2D eigenvalue weighted by molar-refractivity contribution is 0.346. The molecule has 16 heavy (non-hydrogen) atoms. The van der Waals surface area contributed by atoms with E-state index in [1.165, 1.54) is 0 Å². The van der Waals surface area contributed by atoms with Crippen molar-refractivity contribution in [3.8, 4) is 5.88 Å². The molecule has 0 fully saturated rings. The monoisotopic (exact) mass is 221 g/mol. The summed E-state index contributed by atoms with van der Waals surface area (Å²) in [6, 6.07) is 1.80. The highest BCUT2D eigenvalue weighted by Crippen LogP contribution is 2.18. The van der Waals surface area contributed by atoms with E-state index in [0.717, 1.165) is 18.2 Å². The molecule has 1 heterocycles. The lowest BCUT2D eigenvalue weighted by Crippen LogP contribution is -2.07. The molecule has 0 atom stereocenters. The van der Waals surface area contributed by atoms with E-state index in [1.54, 1.807) is 12.1 Å². The Hall–Kier alpha value is -1.58. The Morgan fingerprint density at radius 3 is 2.81 bits per heavy atom. The topological polar surface area (TPSA) is 47.0 Å². The third kappa shape index (κ3) is 3.53. The van der Waals surface area contributed by atoms with Crippen molar-refractivity contribution in [3.63, 3.8) is 0 Å². The Kier molecular flexibility index (Phi) is 4.76. The first-order valence-corrected chi connectivity index (χ1v) is 5.54. The summed E-state index contributed by atoms with van der Waals surface area (Å²) in [6.45, 7) is 11.0. The van der Waals surface area contributed by atoms with Crippen LogP contribution in [0.1, 0.15) is 32.5 Å². The fourth-order valence-corrected chi connectivity index (χ4v) is 1.19. The molecule has 0 unspecified atom stereocenters. The molecule has 0 radical (unpaired) electrons. The molecule has 0 saturated carbocycles. The van der Waals surface area contributed by atoms with Crippen LogP contribution in [-0.4, -0.2) is 23.1 Å². The number of anilines is 1. The van der Waals surface area contributed by atoms with Gasteiger partial charge in [0.2, 0.25) is 5.88 Å². The molecule has 0 saturated heterocycles. The highest BCUT2D eigenvalue weighted by molar-refractivity contribution is 5.38. The molecule has 1 aromatic rings. The molecule has 0 bridgehead atoms. The van der Waals surface area contributed by atoms with Gasteiger partial charge in [0.25, 0.3) is 0 Å². The van der Waals surface area contributed by atoms with Crippen LogP contribution in [0.4, 0.5) is 5.82 Å². The Morgan fingerprint density at radius 2 is 2.25 bits per heavy atom. The van der Waals surface area contributed by atoms with Crippen molar-refractivity contribution in [1.82, 2.24) is 9.97 Å². The van der Waals surface area contributed by atoms with Gasteiger partial charge >= 0.3 is 0 Å². The second-order valence-electron chi connectivity index (χ2n) is 3.73. The third-order valence-corrected chi connectivity index (χ3v) is 1.94. The number of rotatable bonds is 6. The highest BCUT2D eigenvalue weighted by Gasteiger charge is 2.08. The average Bonchev–Trinajstić information content (AvgIpc) is 2.26. The maximum Gasteiger partial charge on any atom is 0.219 e. The van der Waals surface area contributed by atoms with Crippen LogP contribution >= 0.6 is 0 Å². The van der Waals surface area contributed by atoms with Gasteiger partial charge in [-0.05, 0) is 6.92 Å². The summed E-state index contributed by atoms with van der Waals surface area (Å²) in [7, 11) is 0. The van der Waals surface area contributed by atoms with Crippen molar-refractivity contribution in [2.24, 2.45) is 0 Å². The highest BCUT2D eigenvalue weighted by atomic mass is 16.5. The Labute approximate surface area is 96.8 Å². The molecule has 4 nitrogen and oxygen atoms in total. The van der Waals surface area contributed by atoms with Crippen LogP contribution in [0.15, 0.2) is 18.7 Å². The lowest BCUT2D eigenvalue weighted by atomic mass is 10.2. The van der Waals surface area contributed by atoms with Crippen LogP contribution in [0, 0.1) is 0 Å². The maximum absolute atomic E-state index is 5.42. The summed E-state index contributed by atoms with van der Waals surface area (Å²) in [4.78, 5) is 8.73. The second kappa shape index (κ2) is 6.10. The van der Waals surface area contributed by atoms with Crippen molar-refractivity contribution in [2.45, 2.75) is 26.7 Å². The first kappa shape index (κ1) is 12.5. The van der Waals surface area contributed by atoms with Gasteiger partial charge in [-0.25, -0.2) is 4.98 Å². The van der Waals surface area contributed by atoms with Gasteiger partial charge in [0.15, 0.2) is 0 Å². The molecule has 1 rings (SSSR count). The number of aromatic nitrogens is 2. The second-order valence-corrected chi connectivity index (χ2v) is 3.73. The molecule has 0 aliphatic carbocycles. The Morgan fingerprint density at radius 1 is 1.50 bits per heavy atom. The first-order valence-electron chi connectivity index (χ1n) is 5.54. The normalized spacial score (nSPS) is 10.2. The van der Waals surface area contributed by atoms with Crippen molar-refractivity contribution in [2.75, 3.05) is 18.5 Å².